The average Bonchev–Trinajstić information content (AvgIpc) is 2.52. The van der Waals surface area contributed by atoms with E-state index in [0.717, 1.165) is 5.56 Å². The number of carbonyl (C=O) groups is 1. The van der Waals surface area contributed by atoms with Crippen molar-refractivity contribution in [1.82, 2.24) is 5.43 Å². The Labute approximate surface area is 121 Å². The third kappa shape index (κ3) is 4.46. The highest BCUT2D eigenvalue weighted by Gasteiger charge is 2.03. The van der Waals surface area contributed by atoms with E-state index in [4.69, 9.17) is 0 Å². The second kappa shape index (κ2) is 6.85. The van der Waals surface area contributed by atoms with E-state index < -0.39 is 4.92 Å². The predicted molar refractivity (Wildman–Crippen MR) is 80.3 cm³/mol. The van der Waals surface area contributed by atoms with Gasteiger partial charge in [-0.1, -0.05) is 30.3 Å². The van der Waals surface area contributed by atoms with Crippen molar-refractivity contribution in [3.8, 4) is 0 Å². The Bertz CT molecular complexity index is 652. The zero-order valence-electron chi connectivity index (χ0n) is 11.0. The minimum absolute atomic E-state index is 0.00384. The van der Waals surface area contributed by atoms with Crippen molar-refractivity contribution in [2.45, 2.75) is 0 Å². The molecular formula is C15H13N3O3. The summed E-state index contributed by atoms with van der Waals surface area (Å²) < 4.78 is 0. The van der Waals surface area contributed by atoms with Crippen LogP contribution in [0.25, 0.3) is 6.08 Å². The number of hydrogen-bond donors (Lipinski definition) is 2. The van der Waals surface area contributed by atoms with Gasteiger partial charge in [-0.3, -0.25) is 25.8 Å². The van der Waals surface area contributed by atoms with Gasteiger partial charge in [-0.2, -0.15) is 0 Å². The van der Waals surface area contributed by atoms with Crippen LogP contribution < -0.4 is 10.9 Å². The zero-order valence-corrected chi connectivity index (χ0v) is 11.0. The van der Waals surface area contributed by atoms with Crippen molar-refractivity contribution < 1.29 is 9.72 Å². The monoisotopic (exact) mass is 283 g/mol. The Hall–Kier alpha value is -3.15. The van der Waals surface area contributed by atoms with Gasteiger partial charge >= 0.3 is 0 Å². The summed E-state index contributed by atoms with van der Waals surface area (Å²) in [6.45, 7) is 0. The molecule has 2 aromatic carbocycles. The van der Waals surface area contributed by atoms with E-state index >= 15 is 0 Å². The smallest absolute Gasteiger partial charge is 0.269 e. The first-order valence-corrected chi connectivity index (χ1v) is 6.19. The normalized spacial score (nSPS) is 10.3. The molecule has 0 bridgehead atoms. The summed E-state index contributed by atoms with van der Waals surface area (Å²) in [6.07, 6.45) is 3.08. The molecule has 0 aliphatic heterocycles. The molecule has 2 aromatic rings. The molecule has 2 N–H and O–H groups in total. The van der Waals surface area contributed by atoms with Crippen LogP contribution >= 0.6 is 0 Å². The Morgan fingerprint density at radius 1 is 1.05 bits per heavy atom. The van der Waals surface area contributed by atoms with Crippen LogP contribution in [0.5, 0.6) is 0 Å². The fourth-order valence-corrected chi connectivity index (χ4v) is 1.58. The number of nitrogens with one attached hydrogen (secondary N) is 2. The summed E-state index contributed by atoms with van der Waals surface area (Å²) in [6, 6.07) is 15.2. The van der Waals surface area contributed by atoms with E-state index in [1.165, 1.54) is 30.3 Å². The summed E-state index contributed by atoms with van der Waals surface area (Å²) in [7, 11) is 0. The number of hydrazine groups is 1. The number of hydrogen-bond acceptors (Lipinski definition) is 4. The summed E-state index contributed by atoms with van der Waals surface area (Å²) in [5, 5.41) is 10.5. The molecule has 0 saturated carbocycles. The fourth-order valence-electron chi connectivity index (χ4n) is 1.58. The van der Waals surface area contributed by atoms with Gasteiger partial charge in [0.05, 0.1) is 10.6 Å². The third-order valence-corrected chi connectivity index (χ3v) is 2.63. The van der Waals surface area contributed by atoms with Gasteiger partial charge in [0.1, 0.15) is 0 Å². The quantitative estimate of drug-likeness (QED) is 0.502. The standard InChI is InChI=1S/C15H13N3O3/c19-15(11-6-12-4-2-1-3-5-12)17-16-13-7-9-14(10-8-13)18(20)21/h1-11,16H,(H,17,19)/b11-6+. The molecule has 0 radical (unpaired) electrons. The molecule has 6 heteroatoms. The van der Waals surface area contributed by atoms with Crippen molar-refractivity contribution in [3.05, 3.63) is 76.4 Å². The molecule has 0 atom stereocenters. The highest BCUT2D eigenvalue weighted by Crippen LogP contribution is 2.14. The molecule has 21 heavy (non-hydrogen) atoms. The summed E-state index contributed by atoms with van der Waals surface area (Å²) >= 11 is 0. The molecule has 2 rings (SSSR count). The Morgan fingerprint density at radius 3 is 2.33 bits per heavy atom. The SMILES string of the molecule is O=C(/C=C/c1ccccc1)NNc1ccc([N+](=O)[O-])cc1. The average molecular weight is 283 g/mol. The van der Waals surface area contributed by atoms with Crippen LogP contribution in [-0.4, -0.2) is 10.8 Å². The molecule has 0 aromatic heterocycles. The van der Waals surface area contributed by atoms with E-state index in [9.17, 15) is 14.9 Å². The van der Waals surface area contributed by atoms with Gasteiger partial charge in [-0.05, 0) is 23.8 Å². The van der Waals surface area contributed by atoms with E-state index in [0.29, 0.717) is 5.69 Å². The number of nitro groups is 1. The lowest BCUT2D eigenvalue weighted by Crippen LogP contribution is -2.27. The first kappa shape index (κ1) is 14.3. The molecule has 0 spiro atoms. The van der Waals surface area contributed by atoms with Crippen molar-refractivity contribution >= 4 is 23.4 Å². The number of carbonyl (C=O) groups excluding carboxylic acids is 1. The van der Waals surface area contributed by atoms with E-state index in [2.05, 4.69) is 10.9 Å². The van der Waals surface area contributed by atoms with E-state index in [1.54, 1.807) is 6.08 Å². The Kier molecular flexibility index (Phi) is 4.66. The molecule has 0 heterocycles. The van der Waals surface area contributed by atoms with Crippen molar-refractivity contribution in [3.63, 3.8) is 0 Å². The van der Waals surface area contributed by atoms with Gasteiger partial charge < -0.3 is 0 Å². The van der Waals surface area contributed by atoms with Crippen molar-refractivity contribution in [2.24, 2.45) is 0 Å². The number of nitrogens with zero attached hydrogens (tertiary/aromatic N) is 1. The molecule has 1 amide bonds. The second-order valence-electron chi connectivity index (χ2n) is 4.16. The third-order valence-electron chi connectivity index (χ3n) is 2.63. The first-order chi connectivity index (χ1) is 10.1. The fraction of sp³-hybridized carbons (Fsp3) is 0. The van der Waals surface area contributed by atoms with Crippen LogP contribution in [0, 0.1) is 10.1 Å². The number of anilines is 1. The number of benzene rings is 2. The molecular weight excluding hydrogens is 270 g/mol. The summed E-state index contributed by atoms with van der Waals surface area (Å²) in [4.78, 5) is 21.6. The van der Waals surface area contributed by atoms with Crippen molar-refractivity contribution in [1.29, 1.82) is 0 Å². The number of amides is 1. The summed E-state index contributed by atoms with van der Waals surface area (Å²) in [5.74, 6) is -0.322. The topological polar surface area (TPSA) is 84.3 Å². The van der Waals surface area contributed by atoms with Crippen LogP contribution in [0.1, 0.15) is 5.56 Å². The molecule has 0 unspecified atom stereocenters. The first-order valence-electron chi connectivity index (χ1n) is 6.19. The molecule has 6 nitrogen and oxygen atoms in total. The summed E-state index contributed by atoms with van der Waals surface area (Å²) in [5.41, 5.74) is 6.62. The van der Waals surface area contributed by atoms with Gasteiger partial charge in [0, 0.05) is 18.2 Å². The Balaban J connectivity index is 1.86. The lowest BCUT2D eigenvalue weighted by atomic mass is 10.2. The molecule has 0 fully saturated rings. The molecule has 0 aliphatic rings. The van der Waals surface area contributed by atoms with Crippen LogP contribution in [0.4, 0.5) is 11.4 Å². The maximum Gasteiger partial charge on any atom is 0.269 e. The van der Waals surface area contributed by atoms with Crippen LogP contribution in [0.2, 0.25) is 0 Å². The number of nitro benzene ring substituents is 1. The molecule has 0 aliphatic carbocycles. The Morgan fingerprint density at radius 2 is 1.71 bits per heavy atom. The van der Waals surface area contributed by atoms with Crippen LogP contribution in [0.15, 0.2) is 60.7 Å². The molecule has 106 valence electrons. The maximum atomic E-state index is 11.6. The number of rotatable bonds is 5. The largest absolute Gasteiger partial charge is 0.298 e. The maximum absolute atomic E-state index is 11.6. The molecule has 0 saturated heterocycles. The minimum Gasteiger partial charge on any atom is -0.298 e. The zero-order chi connectivity index (χ0) is 15.1. The number of non-ortho nitro benzene ring substituents is 1. The van der Waals surface area contributed by atoms with Crippen LogP contribution in [-0.2, 0) is 4.79 Å². The highest BCUT2D eigenvalue weighted by atomic mass is 16.6. The van der Waals surface area contributed by atoms with Gasteiger partial charge in [-0.15, -0.1) is 0 Å². The van der Waals surface area contributed by atoms with Gasteiger partial charge in [0.2, 0.25) is 0 Å². The lowest BCUT2D eigenvalue weighted by Gasteiger charge is -2.05. The highest BCUT2D eigenvalue weighted by molar-refractivity contribution is 5.92. The van der Waals surface area contributed by atoms with Gasteiger partial charge in [0.25, 0.3) is 11.6 Å². The second-order valence-corrected chi connectivity index (χ2v) is 4.16. The van der Waals surface area contributed by atoms with Crippen molar-refractivity contribution in [2.75, 3.05) is 5.43 Å². The van der Waals surface area contributed by atoms with E-state index in [1.807, 2.05) is 30.3 Å². The van der Waals surface area contributed by atoms with Gasteiger partial charge in [0.15, 0.2) is 0 Å². The lowest BCUT2D eigenvalue weighted by molar-refractivity contribution is -0.384. The van der Waals surface area contributed by atoms with Gasteiger partial charge in [-0.25, -0.2) is 0 Å². The predicted octanol–water partition coefficient (Wildman–Crippen LogP) is 2.75. The minimum atomic E-state index is -0.481. The van der Waals surface area contributed by atoms with Crippen LogP contribution in [0.3, 0.4) is 0 Å². The van der Waals surface area contributed by atoms with E-state index in [-0.39, 0.29) is 11.6 Å².